The number of aromatic nitrogens is 4. The highest BCUT2D eigenvalue weighted by Crippen LogP contribution is 2.21. The van der Waals surface area contributed by atoms with E-state index in [9.17, 15) is 4.39 Å². The Morgan fingerprint density at radius 1 is 1.09 bits per heavy atom. The van der Waals surface area contributed by atoms with E-state index in [0.29, 0.717) is 18.3 Å². The maximum absolute atomic E-state index is 13.1. The Morgan fingerprint density at radius 2 is 1.91 bits per heavy atom. The molecule has 0 saturated heterocycles. The van der Waals surface area contributed by atoms with Gasteiger partial charge in [-0.15, -0.1) is 0 Å². The third-order valence-electron chi connectivity index (χ3n) is 4.81. The SMILES string of the molecule is CN(C)CCNc1nc(N/N=C/c2nccn2Cc2ccc(F)cc2)nc2ccccc12. The number of nitrogens with one attached hydrogen (secondary N) is 2. The van der Waals surface area contributed by atoms with Crippen LogP contribution in [0.3, 0.4) is 0 Å². The molecule has 2 aromatic carbocycles. The number of likely N-dealkylation sites (N-methyl/N-ethyl adjacent to an activating group) is 1. The molecule has 0 bridgehead atoms. The Morgan fingerprint density at radius 3 is 2.72 bits per heavy atom. The molecule has 0 aliphatic rings. The highest BCUT2D eigenvalue weighted by Gasteiger charge is 2.07. The van der Waals surface area contributed by atoms with Crippen LogP contribution >= 0.6 is 0 Å². The summed E-state index contributed by atoms with van der Waals surface area (Å²) >= 11 is 0. The molecule has 8 nitrogen and oxygen atoms in total. The number of hydrogen-bond acceptors (Lipinski definition) is 7. The minimum Gasteiger partial charge on any atom is -0.368 e. The van der Waals surface area contributed by atoms with Crippen LogP contribution in [0.5, 0.6) is 0 Å². The molecule has 0 fully saturated rings. The predicted octanol–water partition coefficient (Wildman–Crippen LogP) is 3.43. The Hall–Kier alpha value is -3.85. The van der Waals surface area contributed by atoms with Crippen LogP contribution < -0.4 is 10.7 Å². The molecule has 4 rings (SSSR count). The molecule has 0 saturated carbocycles. The average Bonchev–Trinajstić information content (AvgIpc) is 3.22. The van der Waals surface area contributed by atoms with Gasteiger partial charge in [-0.25, -0.2) is 19.8 Å². The van der Waals surface area contributed by atoms with E-state index in [-0.39, 0.29) is 5.82 Å². The van der Waals surface area contributed by atoms with E-state index in [2.05, 4.69) is 35.7 Å². The minimum absolute atomic E-state index is 0.253. The van der Waals surface area contributed by atoms with Gasteiger partial charge in [0.05, 0.1) is 11.7 Å². The molecule has 0 amide bonds. The number of hydrogen-bond donors (Lipinski definition) is 2. The number of anilines is 2. The zero-order chi connectivity index (χ0) is 22.3. The molecule has 0 atom stereocenters. The van der Waals surface area contributed by atoms with Gasteiger partial charge in [-0.1, -0.05) is 24.3 Å². The van der Waals surface area contributed by atoms with Gasteiger partial charge in [0.25, 0.3) is 0 Å². The fraction of sp³-hybridized carbons (Fsp3) is 0.217. The van der Waals surface area contributed by atoms with E-state index in [0.717, 1.165) is 35.4 Å². The van der Waals surface area contributed by atoms with Gasteiger partial charge in [-0.3, -0.25) is 0 Å². The number of fused-ring (bicyclic) bond motifs is 1. The highest BCUT2D eigenvalue weighted by atomic mass is 19.1. The van der Waals surface area contributed by atoms with Crippen LogP contribution in [-0.4, -0.2) is 57.8 Å². The Balaban J connectivity index is 1.48. The van der Waals surface area contributed by atoms with Gasteiger partial charge < -0.3 is 14.8 Å². The van der Waals surface area contributed by atoms with Crippen molar-refractivity contribution in [2.75, 3.05) is 37.9 Å². The molecule has 164 valence electrons. The fourth-order valence-corrected chi connectivity index (χ4v) is 3.18. The van der Waals surface area contributed by atoms with Crippen molar-refractivity contribution >= 4 is 28.9 Å². The molecule has 0 spiro atoms. The monoisotopic (exact) mass is 432 g/mol. The normalized spacial score (nSPS) is 11.5. The third-order valence-corrected chi connectivity index (χ3v) is 4.81. The molecule has 2 N–H and O–H groups in total. The van der Waals surface area contributed by atoms with E-state index in [1.165, 1.54) is 12.1 Å². The van der Waals surface area contributed by atoms with Crippen molar-refractivity contribution in [1.29, 1.82) is 0 Å². The van der Waals surface area contributed by atoms with E-state index >= 15 is 0 Å². The molecule has 9 heteroatoms. The van der Waals surface area contributed by atoms with E-state index < -0.39 is 0 Å². The van der Waals surface area contributed by atoms with E-state index in [1.54, 1.807) is 24.5 Å². The first-order valence-corrected chi connectivity index (χ1v) is 10.3. The van der Waals surface area contributed by atoms with E-state index in [4.69, 9.17) is 0 Å². The summed E-state index contributed by atoms with van der Waals surface area (Å²) in [5.41, 5.74) is 4.70. The largest absolute Gasteiger partial charge is 0.368 e. The van der Waals surface area contributed by atoms with Gasteiger partial charge in [-0.2, -0.15) is 10.1 Å². The summed E-state index contributed by atoms with van der Waals surface area (Å²) in [6, 6.07) is 14.2. The van der Waals surface area contributed by atoms with Crippen LogP contribution in [-0.2, 0) is 6.54 Å². The van der Waals surface area contributed by atoms with Gasteiger partial charge >= 0.3 is 0 Å². The topological polar surface area (TPSA) is 83.3 Å². The second-order valence-corrected chi connectivity index (χ2v) is 7.55. The van der Waals surface area contributed by atoms with Crippen molar-refractivity contribution in [3.63, 3.8) is 0 Å². The lowest BCUT2D eigenvalue weighted by Crippen LogP contribution is -2.21. The van der Waals surface area contributed by atoms with Gasteiger partial charge in [0, 0.05) is 37.4 Å². The molecule has 32 heavy (non-hydrogen) atoms. The van der Waals surface area contributed by atoms with Gasteiger partial charge in [-0.05, 0) is 43.9 Å². The molecular formula is C23H25FN8. The van der Waals surface area contributed by atoms with Crippen molar-refractivity contribution < 1.29 is 4.39 Å². The Kier molecular flexibility index (Phi) is 6.66. The number of para-hydroxylation sites is 1. The van der Waals surface area contributed by atoms with Gasteiger partial charge in [0.2, 0.25) is 5.95 Å². The standard InChI is InChI=1S/C23H25FN8/c1-31(2)13-11-26-22-19-5-3-4-6-20(19)28-23(29-22)30-27-15-21-25-12-14-32(21)16-17-7-9-18(24)10-8-17/h3-10,12,14-15H,11,13,16H2,1-2H3,(H2,26,28,29,30)/b27-15+. The van der Waals surface area contributed by atoms with Crippen LogP contribution in [0.25, 0.3) is 10.9 Å². The lowest BCUT2D eigenvalue weighted by atomic mass is 10.2. The second kappa shape index (κ2) is 9.97. The summed E-state index contributed by atoms with van der Waals surface area (Å²) in [5.74, 6) is 1.56. The summed E-state index contributed by atoms with van der Waals surface area (Å²) in [5, 5.41) is 8.61. The zero-order valence-electron chi connectivity index (χ0n) is 18.0. The number of rotatable bonds is 9. The fourth-order valence-electron chi connectivity index (χ4n) is 3.18. The first kappa shape index (κ1) is 21.4. The maximum atomic E-state index is 13.1. The first-order valence-electron chi connectivity index (χ1n) is 10.3. The lowest BCUT2D eigenvalue weighted by molar-refractivity contribution is 0.425. The molecule has 0 radical (unpaired) electrons. The highest BCUT2D eigenvalue weighted by molar-refractivity contribution is 5.90. The Labute approximate surface area is 185 Å². The van der Waals surface area contributed by atoms with Crippen molar-refractivity contribution in [3.05, 3.63) is 78.1 Å². The van der Waals surface area contributed by atoms with Crippen molar-refractivity contribution in [2.45, 2.75) is 6.54 Å². The van der Waals surface area contributed by atoms with Crippen molar-refractivity contribution in [2.24, 2.45) is 5.10 Å². The molecule has 0 aliphatic heterocycles. The minimum atomic E-state index is -0.253. The quantitative estimate of drug-likeness (QED) is 0.311. The summed E-state index contributed by atoms with van der Waals surface area (Å²) in [7, 11) is 4.06. The van der Waals surface area contributed by atoms with E-state index in [1.807, 2.05) is 49.1 Å². The molecule has 2 heterocycles. The molecule has 0 aliphatic carbocycles. The predicted molar refractivity (Wildman–Crippen MR) is 126 cm³/mol. The number of hydrazone groups is 1. The van der Waals surface area contributed by atoms with Crippen LogP contribution in [0.4, 0.5) is 16.2 Å². The van der Waals surface area contributed by atoms with Crippen molar-refractivity contribution in [3.8, 4) is 0 Å². The summed E-state index contributed by atoms with van der Waals surface area (Å²) in [4.78, 5) is 15.6. The molecule has 4 aromatic rings. The molecule has 2 aromatic heterocycles. The summed E-state index contributed by atoms with van der Waals surface area (Å²) < 4.78 is 15.1. The summed E-state index contributed by atoms with van der Waals surface area (Å²) in [6.45, 7) is 2.21. The summed E-state index contributed by atoms with van der Waals surface area (Å²) in [6.07, 6.45) is 5.16. The lowest BCUT2D eigenvalue weighted by Gasteiger charge is -2.13. The Bertz CT molecular complexity index is 1200. The average molecular weight is 433 g/mol. The zero-order valence-corrected chi connectivity index (χ0v) is 18.0. The molecular weight excluding hydrogens is 407 g/mol. The number of imidazole rings is 1. The number of halogens is 1. The number of nitrogens with zero attached hydrogens (tertiary/aromatic N) is 6. The van der Waals surface area contributed by atoms with Crippen LogP contribution in [0.2, 0.25) is 0 Å². The van der Waals surface area contributed by atoms with Crippen molar-refractivity contribution in [1.82, 2.24) is 24.4 Å². The van der Waals surface area contributed by atoms with Gasteiger partial charge in [0.1, 0.15) is 11.6 Å². The number of benzene rings is 2. The smallest absolute Gasteiger partial charge is 0.246 e. The van der Waals surface area contributed by atoms with Gasteiger partial charge in [0.15, 0.2) is 5.82 Å². The first-order chi connectivity index (χ1) is 15.6. The van der Waals surface area contributed by atoms with Crippen LogP contribution in [0.15, 0.2) is 66.0 Å². The maximum Gasteiger partial charge on any atom is 0.246 e. The second-order valence-electron chi connectivity index (χ2n) is 7.55. The van der Waals surface area contributed by atoms with Crippen LogP contribution in [0.1, 0.15) is 11.4 Å². The van der Waals surface area contributed by atoms with Crippen LogP contribution in [0, 0.1) is 5.82 Å². The third kappa shape index (κ3) is 5.44. The molecule has 0 unspecified atom stereocenters.